The molecule has 0 aliphatic rings. The van der Waals surface area contributed by atoms with Crippen LogP contribution < -0.4 is 10.1 Å². The van der Waals surface area contributed by atoms with Gasteiger partial charge in [0.1, 0.15) is 5.75 Å². The minimum Gasteiger partial charge on any atom is -0.495 e. The van der Waals surface area contributed by atoms with Gasteiger partial charge in [-0.1, -0.05) is 48.5 Å². The molecule has 6 nitrogen and oxygen atoms in total. The maximum Gasteiger partial charge on any atom is 0.339 e. The number of nitriles is 1. The molecular weight excluding hydrogens is 368 g/mol. The third-order valence-electron chi connectivity index (χ3n) is 4.20. The van der Waals surface area contributed by atoms with Crippen molar-refractivity contribution in [2.45, 2.75) is 0 Å². The van der Waals surface area contributed by atoms with Crippen molar-refractivity contribution in [3.8, 4) is 22.9 Å². The quantitative estimate of drug-likeness (QED) is 0.646. The van der Waals surface area contributed by atoms with Crippen LogP contribution >= 0.6 is 0 Å². The van der Waals surface area contributed by atoms with Crippen molar-refractivity contribution in [3.63, 3.8) is 0 Å². The Bertz CT molecular complexity index is 1090. The molecule has 0 atom stereocenters. The number of nitrogens with zero attached hydrogens (tertiary/aromatic N) is 1. The van der Waals surface area contributed by atoms with Crippen LogP contribution in [0, 0.1) is 11.3 Å². The number of nitrogens with one attached hydrogen (secondary N) is 1. The fourth-order valence-electron chi connectivity index (χ4n) is 2.85. The summed E-state index contributed by atoms with van der Waals surface area (Å²) in [7, 11) is 1.50. The topological polar surface area (TPSA) is 88.4 Å². The van der Waals surface area contributed by atoms with E-state index >= 15 is 0 Å². The number of para-hydroxylation sites is 2. The van der Waals surface area contributed by atoms with Gasteiger partial charge in [-0.2, -0.15) is 5.26 Å². The van der Waals surface area contributed by atoms with E-state index < -0.39 is 18.5 Å². The SMILES string of the molecule is COc1ccccc1NC(=O)COC(=O)c1ccccc1-c1ccccc1C#N. The van der Waals surface area contributed by atoms with Crippen molar-refractivity contribution in [2.75, 3.05) is 19.0 Å². The van der Waals surface area contributed by atoms with Crippen molar-refractivity contribution in [3.05, 3.63) is 83.9 Å². The maximum absolute atomic E-state index is 12.6. The zero-order valence-corrected chi connectivity index (χ0v) is 15.7. The third kappa shape index (κ3) is 4.60. The van der Waals surface area contributed by atoms with Crippen LogP contribution in [0.25, 0.3) is 11.1 Å². The lowest BCUT2D eigenvalue weighted by Gasteiger charge is -2.12. The van der Waals surface area contributed by atoms with Crippen molar-refractivity contribution >= 4 is 17.6 Å². The minimum atomic E-state index is -0.650. The molecule has 3 aromatic carbocycles. The van der Waals surface area contributed by atoms with Crippen LogP contribution in [0.4, 0.5) is 5.69 Å². The molecular formula is C23H18N2O4. The lowest BCUT2D eigenvalue weighted by Crippen LogP contribution is -2.21. The number of rotatable bonds is 6. The zero-order chi connectivity index (χ0) is 20.6. The summed E-state index contributed by atoms with van der Waals surface area (Å²) in [6.45, 7) is -0.453. The van der Waals surface area contributed by atoms with Crippen LogP contribution in [-0.4, -0.2) is 25.6 Å². The molecule has 0 heterocycles. The second-order valence-electron chi connectivity index (χ2n) is 6.03. The van der Waals surface area contributed by atoms with Crippen molar-refractivity contribution in [1.82, 2.24) is 0 Å². The fraction of sp³-hybridized carbons (Fsp3) is 0.0870. The highest BCUT2D eigenvalue weighted by molar-refractivity contribution is 6.00. The smallest absolute Gasteiger partial charge is 0.339 e. The van der Waals surface area contributed by atoms with E-state index in [0.717, 1.165) is 0 Å². The molecule has 3 aromatic rings. The summed E-state index contributed by atoms with van der Waals surface area (Å²) in [5.74, 6) is -0.632. The van der Waals surface area contributed by atoms with Gasteiger partial charge in [0, 0.05) is 5.56 Å². The van der Waals surface area contributed by atoms with Gasteiger partial charge >= 0.3 is 5.97 Å². The van der Waals surface area contributed by atoms with E-state index in [1.807, 2.05) is 0 Å². The van der Waals surface area contributed by atoms with Crippen LogP contribution in [-0.2, 0) is 9.53 Å². The van der Waals surface area contributed by atoms with Gasteiger partial charge in [-0.15, -0.1) is 0 Å². The Morgan fingerprint density at radius 2 is 1.59 bits per heavy atom. The Hall–Kier alpha value is -4.11. The van der Waals surface area contributed by atoms with Gasteiger partial charge in [0.15, 0.2) is 6.61 Å². The van der Waals surface area contributed by atoms with Gasteiger partial charge in [-0.3, -0.25) is 4.79 Å². The van der Waals surface area contributed by atoms with Gasteiger partial charge in [-0.05, 0) is 29.8 Å². The van der Waals surface area contributed by atoms with Crippen LogP contribution in [0.15, 0.2) is 72.8 Å². The first kappa shape index (κ1) is 19.6. The van der Waals surface area contributed by atoms with Crippen LogP contribution in [0.5, 0.6) is 5.75 Å². The Kier molecular flexibility index (Phi) is 6.23. The summed E-state index contributed by atoms with van der Waals surface area (Å²) in [5, 5.41) is 12.0. The number of amides is 1. The summed E-state index contributed by atoms with van der Waals surface area (Å²) in [5.41, 5.74) is 2.40. The highest BCUT2D eigenvalue weighted by Crippen LogP contribution is 2.27. The highest BCUT2D eigenvalue weighted by atomic mass is 16.5. The molecule has 1 N–H and O–H groups in total. The molecule has 0 saturated heterocycles. The van der Waals surface area contributed by atoms with Gasteiger partial charge in [-0.25, -0.2) is 4.79 Å². The number of anilines is 1. The maximum atomic E-state index is 12.6. The largest absolute Gasteiger partial charge is 0.495 e. The number of carbonyl (C=O) groups excluding carboxylic acids is 2. The molecule has 0 unspecified atom stereocenters. The van der Waals surface area contributed by atoms with Crippen molar-refractivity contribution in [1.29, 1.82) is 5.26 Å². The summed E-state index contributed by atoms with van der Waals surface area (Å²) in [6, 6.07) is 22.9. The molecule has 0 aliphatic heterocycles. The lowest BCUT2D eigenvalue weighted by atomic mass is 9.96. The highest BCUT2D eigenvalue weighted by Gasteiger charge is 2.17. The summed E-state index contributed by atoms with van der Waals surface area (Å²) in [6.07, 6.45) is 0. The lowest BCUT2D eigenvalue weighted by molar-refractivity contribution is -0.119. The number of methoxy groups -OCH3 is 1. The van der Waals surface area contributed by atoms with E-state index in [1.54, 1.807) is 72.8 Å². The first-order valence-corrected chi connectivity index (χ1v) is 8.82. The van der Waals surface area contributed by atoms with E-state index in [-0.39, 0.29) is 5.56 Å². The Morgan fingerprint density at radius 3 is 2.34 bits per heavy atom. The average molecular weight is 386 g/mol. The summed E-state index contributed by atoms with van der Waals surface area (Å²) < 4.78 is 10.4. The third-order valence-corrected chi connectivity index (χ3v) is 4.20. The fourth-order valence-corrected chi connectivity index (χ4v) is 2.85. The first-order valence-electron chi connectivity index (χ1n) is 8.82. The number of carbonyl (C=O) groups is 2. The number of hydrogen-bond acceptors (Lipinski definition) is 5. The molecule has 3 rings (SSSR count). The van der Waals surface area contributed by atoms with E-state index in [0.29, 0.717) is 28.1 Å². The average Bonchev–Trinajstić information content (AvgIpc) is 2.77. The molecule has 144 valence electrons. The Balaban J connectivity index is 1.74. The van der Waals surface area contributed by atoms with Crippen LogP contribution in [0.1, 0.15) is 15.9 Å². The first-order chi connectivity index (χ1) is 14.1. The normalized spacial score (nSPS) is 9.93. The summed E-state index contributed by atoms with van der Waals surface area (Å²) >= 11 is 0. The van der Waals surface area contributed by atoms with E-state index in [1.165, 1.54) is 7.11 Å². The molecule has 0 fully saturated rings. The van der Waals surface area contributed by atoms with Gasteiger partial charge in [0.2, 0.25) is 0 Å². The molecule has 1 amide bonds. The van der Waals surface area contributed by atoms with E-state index in [2.05, 4.69) is 11.4 Å². The summed E-state index contributed by atoms with van der Waals surface area (Å²) in [4.78, 5) is 24.8. The molecule has 0 spiro atoms. The van der Waals surface area contributed by atoms with Gasteiger partial charge < -0.3 is 14.8 Å². The second kappa shape index (κ2) is 9.20. The minimum absolute atomic E-state index is 0.278. The molecule has 0 aromatic heterocycles. The Labute approximate surface area is 168 Å². The van der Waals surface area contributed by atoms with Gasteiger partial charge in [0.25, 0.3) is 5.91 Å². The molecule has 0 saturated carbocycles. The Morgan fingerprint density at radius 1 is 0.931 bits per heavy atom. The molecule has 0 bridgehead atoms. The van der Waals surface area contributed by atoms with Gasteiger partial charge in [0.05, 0.1) is 30.0 Å². The molecule has 0 radical (unpaired) electrons. The van der Waals surface area contributed by atoms with Crippen LogP contribution in [0.2, 0.25) is 0 Å². The standard InChI is InChI=1S/C23H18N2O4/c1-28-21-13-7-6-12-20(21)25-22(26)15-29-23(27)19-11-5-4-10-18(19)17-9-3-2-8-16(17)14-24/h2-13H,15H2,1H3,(H,25,26). The zero-order valence-electron chi connectivity index (χ0n) is 15.7. The molecule has 29 heavy (non-hydrogen) atoms. The van der Waals surface area contributed by atoms with E-state index in [4.69, 9.17) is 9.47 Å². The monoisotopic (exact) mass is 386 g/mol. The predicted octanol–water partition coefficient (Wildman–Crippen LogP) is 4.03. The molecule has 6 heteroatoms. The predicted molar refractivity (Wildman–Crippen MR) is 108 cm³/mol. The number of benzene rings is 3. The molecule has 0 aliphatic carbocycles. The number of ether oxygens (including phenoxy) is 2. The second-order valence-corrected chi connectivity index (χ2v) is 6.03. The number of esters is 1. The van der Waals surface area contributed by atoms with Crippen molar-refractivity contribution in [2.24, 2.45) is 0 Å². The van der Waals surface area contributed by atoms with Crippen molar-refractivity contribution < 1.29 is 19.1 Å². The van der Waals surface area contributed by atoms with E-state index in [9.17, 15) is 14.9 Å². The van der Waals surface area contributed by atoms with Crippen LogP contribution in [0.3, 0.4) is 0 Å². The number of hydrogen-bond donors (Lipinski definition) is 1.